The van der Waals surface area contributed by atoms with Gasteiger partial charge in [-0.3, -0.25) is 10.1 Å². The molecule has 8 nitrogen and oxygen atoms in total. The number of alkyl carbamates (subject to hydrolysis) is 1. The van der Waals surface area contributed by atoms with E-state index in [1.165, 1.54) is 12.1 Å². The number of nitrogens with one attached hydrogen (secondary N) is 1. The monoisotopic (exact) mass is 394 g/mol. The van der Waals surface area contributed by atoms with Crippen molar-refractivity contribution < 1.29 is 29.0 Å². The molecule has 2 N–H and O–H groups in total. The Labute approximate surface area is 166 Å². The Morgan fingerprint density at radius 2 is 1.76 bits per heavy atom. The van der Waals surface area contributed by atoms with Gasteiger partial charge < -0.3 is 14.6 Å². The first-order valence-electron chi connectivity index (χ1n) is 8.81. The average Bonchev–Trinajstić information content (AvgIpc) is 2.72. The van der Waals surface area contributed by atoms with Gasteiger partial charge in [0.1, 0.15) is 5.75 Å². The standard InChI is InChI=1S/C21H18N2O6/c1-2-28-21(27)23-19(25)12-29-20(26)16-11-18(13-7-9-14(24)10-8-13)22-17-6-4-3-5-15(16)17/h3-11,24H,2,12H2,1H3,(H,23,25,27). The Balaban J connectivity index is 1.85. The smallest absolute Gasteiger partial charge is 0.413 e. The van der Waals surface area contributed by atoms with E-state index in [1.807, 2.05) is 5.32 Å². The molecular formula is C21H18N2O6. The molecule has 0 spiro atoms. The van der Waals surface area contributed by atoms with Gasteiger partial charge in [0.2, 0.25) is 0 Å². The van der Waals surface area contributed by atoms with E-state index in [4.69, 9.17) is 4.74 Å². The van der Waals surface area contributed by atoms with Gasteiger partial charge in [0, 0.05) is 10.9 Å². The number of carbonyl (C=O) groups is 3. The van der Waals surface area contributed by atoms with E-state index in [0.717, 1.165) is 0 Å². The second-order valence-corrected chi connectivity index (χ2v) is 5.96. The van der Waals surface area contributed by atoms with E-state index >= 15 is 0 Å². The van der Waals surface area contributed by atoms with Gasteiger partial charge in [-0.05, 0) is 43.3 Å². The fourth-order valence-corrected chi connectivity index (χ4v) is 2.65. The average molecular weight is 394 g/mol. The third-order valence-corrected chi connectivity index (χ3v) is 3.95. The highest BCUT2D eigenvalue weighted by Crippen LogP contribution is 2.26. The zero-order valence-corrected chi connectivity index (χ0v) is 15.5. The molecule has 3 rings (SSSR count). The van der Waals surface area contributed by atoms with Crippen LogP contribution in [0.2, 0.25) is 0 Å². The Hall–Kier alpha value is -3.94. The summed E-state index contributed by atoms with van der Waals surface area (Å²) in [6.45, 7) is 1.08. The van der Waals surface area contributed by atoms with E-state index in [0.29, 0.717) is 22.2 Å². The minimum atomic E-state index is -0.905. The number of benzene rings is 2. The first-order valence-corrected chi connectivity index (χ1v) is 8.81. The van der Waals surface area contributed by atoms with Crippen molar-refractivity contribution in [3.8, 4) is 17.0 Å². The molecule has 1 aromatic heterocycles. The molecule has 0 aliphatic rings. The summed E-state index contributed by atoms with van der Waals surface area (Å²) in [6.07, 6.45) is -0.905. The molecule has 0 fully saturated rings. The van der Waals surface area contributed by atoms with Crippen LogP contribution >= 0.6 is 0 Å². The number of para-hydroxylation sites is 1. The van der Waals surface area contributed by atoms with Gasteiger partial charge in [0.05, 0.1) is 23.4 Å². The van der Waals surface area contributed by atoms with Crippen molar-refractivity contribution in [2.45, 2.75) is 6.92 Å². The van der Waals surface area contributed by atoms with Gasteiger partial charge in [-0.1, -0.05) is 18.2 Å². The summed E-state index contributed by atoms with van der Waals surface area (Å²) >= 11 is 0. The second-order valence-electron chi connectivity index (χ2n) is 5.96. The number of phenols is 1. The molecule has 1 heterocycles. The summed E-state index contributed by atoms with van der Waals surface area (Å²) < 4.78 is 9.66. The Morgan fingerprint density at radius 3 is 2.48 bits per heavy atom. The number of hydrogen-bond acceptors (Lipinski definition) is 7. The minimum Gasteiger partial charge on any atom is -0.508 e. The molecule has 8 heteroatoms. The molecule has 0 aliphatic heterocycles. The van der Waals surface area contributed by atoms with Crippen molar-refractivity contribution in [2.75, 3.05) is 13.2 Å². The highest BCUT2D eigenvalue weighted by molar-refractivity contribution is 6.05. The molecule has 2 amide bonds. The van der Waals surface area contributed by atoms with E-state index < -0.39 is 24.6 Å². The zero-order valence-electron chi connectivity index (χ0n) is 15.5. The summed E-state index contributed by atoms with van der Waals surface area (Å²) in [5, 5.41) is 12.0. The summed E-state index contributed by atoms with van der Waals surface area (Å²) in [6, 6.07) is 15.0. The molecule has 2 aromatic carbocycles. The number of hydrogen-bond donors (Lipinski definition) is 2. The molecule has 0 saturated carbocycles. The highest BCUT2D eigenvalue weighted by Gasteiger charge is 2.17. The Bertz CT molecular complexity index is 1060. The summed E-state index contributed by atoms with van der Waals surface area (Å²) in [4.78, 5) is 40.1. The first-order chi connectivity index (χ1) is 14.0. The van der Waals surface area contributed by atoms with Crippen molar-refractivity contribution in [3.05, 3.63) is 60.2 Å². The number of pyridine rings is 1. The zero-order chi connectivity index (χ0) is 20.8. The molecule has 3 aromatic rings. The number of aromatic hydroxyl groups is 1. The van der Waals surface area contributed by atoms with Crippen molar-refractivity contribution in [3.63, 3.8) is 0 Å². The number of ether oxygens (including phenoxy) is 2. The van der Waals surface area contributed by atoms with E-state index in [-0.39, 0.29) is 17.9 Å². The number of rotatable bonds is 5. The van der Waals surface area contributed by atoms with Gasteiger partial charge in [0.15, 0.2) is 6.61 Å². The van der Waals surface area contributed by atoms with Crippen molar-refractivity contribution in [1.29, 1.82) is 0 Å². The lowest BCUT2D eigenvalue weighted by atomic mass is 10.0. The van der Waals surface area contributed by atoms with Crippen LogP contribution in [0.25, 0.3) is 22.2 Å². The SMILES string of the molecule is CCOC(=O)NC(=O)COC(=O)c1cc(-c2ccc(O)cc2)nc2ccccc12. The van der Waals surface area contributed by atoms with Gasteiger partial charge in [-0.15, -0.1) is 0 Å². The number of imide groups is 1. The number of aromatic nitrogens is 1. The van der Waals surface area contributed by atoms with Crippen LogP contribution in [0.3, 0.4) is 0 Å². The number of carbonyl (C=O) groups excluding carboxylic acids is 3. The van der Waals surface area contributed by atoms with Crippen molar-refractivity contribution >= 4 is 28.9 Å². The maximum absolute atomic E-state index is 12.6. The maximum Gasteiger partial charge on any atom is 0.413 e. The summed E-state index contributed by atoms with van der Waals surface area (Å²) in [5.74, 6) is -1.42. The molecule has 0 saturated heterocycles. The third-order valence-electron chi connectivity index (χ3n) is 3.95. The van der Waals surface area contributed by atoms with Crippen LogP contribution in [-0.4, -0.2) is 41.3 Å². The van der Waals surface area contributed by atoms with Gasteiger partial charge in [-0.25, -0.2) is 14.6 Å². The van der Waals surface area contributed by atoms with Crippen LogP contribution in [0, 0.1) is 0 Å². The molecular weight excluding hydrogens is 376 g/mol. The molecule has 0 atom stereocenters. The Kier molecular flexibility index (Phi) is 6.03. The predicted octanol–water partition coefficient (Wildman–Crippen LogP) is 3.04. The van der Waals surface area contributed by atoms with Gasteiger partial charge >= 0.3 is 12.1 Å². The lowest BCUT2D eigenvalue weighted by Crippen LogP contribution is -2.34. The molecule has 148 valence electrons. The van der Waals surface area contributed by atoms with Crippen LogP contribution < -0.4 is 5.32 Å². The number of esters is 1. The molecule has 0 bridgehead atoms. The summed E-state index contributed by atoms with van der Waals surface area (Å²) in [7, 11) is 0. The van der Waals surface area contributed by atoms with Gasteiger partial charge in [0.25, 0.3) is 5.91 Å². The van der Waals surface area contributed by atoms with Crippen LogP contribution in [0.15, 0.2) is 54.6 Å². The first kappa shape index (κ1) is 19.8. The van der Waals surface area contributed by atoms with Crippen LogP contribution in [0.1, 0.15) is 17.3 Å². The van der Waals surface area contributed by atoms with E-state index in [1.54, 1.807) is 49.4 Å². The predicted molar refractivity (Wildman–Crippen MR) is 104 cm³/mol. The van der Waals surface area contributed by atoms with Crippen molar-refractivity contribution in [1.82, 2.24) is 10.3 Å². The third kappa shape index (κ3) is 4.86. The Morgan fingerprint density at radius 1 is 1.03 bits per heavy atom. The number of fused-ring (bicyclic) bond motifs is 1. The lowest BCUT2D eigenvalue weighted by Gasteiger charge is -2.10. The topological polar surface area (TPSA) is 115 Å². The van der Waals surface area contributed by atoms with Crippen LogP contribution in [0.5, 0.6) is 5.75 Å². The van der Waals surface area contributed by atoms with Crippen LogP contribution in [0.4, 0.5) is 4.79 Å². The fraction of sp³-hybridized carbons (Fsp3) is 0.143. The molecule has 0 unspecified atom stereocenters. The van der Waals surface area contributed by atoms with Crippen LogP contribution in [-0.2, 0) is 14.3 Å². The van der Waals surface area contributed by atoms with E-state index in [9.17, 15) is 19.5 Å². The lowest BCUT2D eigenvalue weighted by molar-refractivity contribution is -0.123. The van der Waals surface area contributed by atoms with Gasteiger partial charge in [-0.2, -0.15) is 0 Å². The minimum absolute atomic E-state index is 0.113. The summed E-state index contributed by atoms with van der Waals surface area (Å²) in [5.41, 5.74) is 2.00. The quantitative estimate of drug-likeness (QED) is 0.639. The number of phenolic OH excluding ortho intramolecular Hbond substituents is 1. The molecule has 29 heavy (non-hydrogen) atoms. The molecule has 0 radical (unpaired) electrons. The molecule has 0 aliphatic carbocycles. The maximum atomic E-state index is 12.6. The highest BCUT2D eigenvalue weighted by atomic mass is 16.6. The number of amides is 2. The normalized spacial score (nSPS) is 10.4. The van der Waals surface area contributed by atoms with E-state index in [2.05, 4.69) is 9.72 Å². The number of nitrogens with zero attached hydrogens (tertiary/aromatic N) is 1. The largest absolute Gasteiger partial charge is 0.508 e. The van der Waals surface area contributed by atoms with Crippen molar-refractivity contribution in [2.24, 2.45) is 0 Å². The second kappa shape index (κ2) is 8.83. The fourth-order valence-electron chi connectivity index (χ4n) is 2.65.